The molecule has 0 spiro atoms. The number of amides is 1. The molecule has 1 aliphatic heterocycles. The molecule has 0 unspecified atom stereocenters. The third-order valence-corrected chi connectivity index (χ3v) is 4.19. The molecule has 1 aliphatic rings. The highest BCUT2D eigenvalue weighted by molar-refractivity contribution is 6.03. The van der Waals surface area contributed by atoms with E-state index >= 15 is 0 Å². The second-order valence-electron chi connectivity index (χ2n) is 6.52. The summed E-state index contributed by atoms with van der Waals surface area (Å²) in [5, 5.41) is 5.97. The number of rotatable bonds is 4. The highest BCUT2D eigenvalue weighted by atomic mass is 16.6. The summed E-state index contributed by atoms with van der Waals surface area (Å²) in [6.45, 7) is 4.87. The molecule has 2 heterocycles. The number of nitrogens with zero attached hydrogens (tertiary/aromatic N) is 2. The predicted molar refractivity (Wildman–Crippen MR) is 107 cm³/mol. The van der Waals surface area contributed by atoms with Crippen LogP contribution in [0.3, 0.4) is 0 Å². The minimum absolute atomic E-state index is 0.285. The van der Waals surface area contributed by atoms with E-state index in [0.717, 1.165) is 11.3 Å². The summed E-state index contributed by atoms with van der Waals surface area (Å²) in [6, 6.07) is 14.8. The Kier molecular flexibility index (Phi) is 4.80. The number of aromatic nitrogens is 2. The number of carbonyl (C=O) groups is 1. The molecule has 3 aromatic rings. The normalized spacial score (nSPS) is 12.4. The maximum absolute atomic E-state index is 12.6. The highest BCUT2D eigenvalue weighted by Crippen LogP contribution is 2.33. The van der Waals surface area contributed by atoms with Gasteiger partial charge in [0.1, 0.15) is 18.9 Å². The van der Waals surface area contributed by atoms with Gasteiger partial charge < -0.3 is 20.1 Å². The second kappa shape index (κ2) is 7.56. The van der Waals surface area contributed by atoms with Crippen molar-refractivity contribution in [2.45, 2.75) is 13.8 Å². The van der Waals surface area contributed by atoms with Crippen molar-refractivity contribution in [1.82, 2.24) is 9.97 Å². The lowest BCUT2D eigenvalue weighted by Crippen LogP contribution is -2.16. The molecule has 0 saturated carbocycles. The van der Waals surface area contributed by atoms with E-state index in [1.807, 2.05) is 56.3 Å². The van der Waals surface area contributed by atoms with Crippen LogP contribution >= 0.6 is 0 Å². The van der Waals surface area contributed by atoms with Crippen LogP contribution in [-0.2, 0) is 0 Å². The molecular formula is C21H20N4O3. The SMILES string of the molecule is Cc1ccc(NC(=O)c2cc(C)nc(Nc3ccc4c(c3)OCCO4)n2)cc1. The number of ether oxygens (including phenoxy) is 2. The van der Waals surface area contributed by atoms with Gasteiger partial charge >= 0.3 is 0 Å². The number of benzene rings is 2. The van der Waals surface area contributed by atoms with Gasteiger partial charge in [0.25, 0.3) is 5.91 Å². The lowest BCUT2D eigenvalue weighted by atomic mass is 10.2. The Morgan fingerprint density at radius 3 is 2.39 bits per heavy atom. The fourth-order valence-electron chi connectivity index (χ4n) is 2.82. The average molecular weight is 376 g/mol. The smallest absolute Gasteiger partial charge is 0.274 e. The van der Waals surface area contributed by atoms with Crippen molar-refractivity contribution in [3.8, 4) is 11.5 Å². The Labute approximate surface area is 162 Å². The number of hydrogen-bond donors (Lipinski definition) is 2. The summed E-state index contributed by atoms with van der Waals surface area (Å²) < 4.78 is 11.1. The minimum Gasteiger partial charge on any atom is -0.486 e. The lowest BCUT2D eigenvalue weighted by Gasteiger charge is -2.19. The summed E-state index contributed by atoms with van der Waals surface area (Å²) in [7, 11) is 0. The van der Waals surface area contributed by atoms with Gasteiger partial charge in [-0.25, -0.2) is 9.97 Å². The maximum atomic E-state index is 12.6. The Morgan fingerprint density at radius 2 is 1.61 bits per heavy atom. The molecule has 2 N–H and O–H groups in total. The summed E-state index contributed by atoms with van der Waals surface area (Å²) >= 11 is 0. The first kappa shape index (κ1) is 17.8. The zero-order valence-electron chi connectivity index (χ0n) is 15.7. The van der Waals surface area contributed by atoms with Gasteiger partial charge in [0.2, 0.25) is 5.95 Å². The highest BCUT2D eigenvalue weighted by Gasteiger charge is 2.14. The number of anilines is 3. The monoisotopic (exact) mass is 376 g/mol. The van der Waals surface area contributed by atoms with Crippen LogP contribution in [0.4, 0.5) is 17.3 Å². The van der Waals surface area contributed by atoms with Gasteiger partial charge in [0.15, 0.2) is 11.5 Å². The zero-order chi connectivity index (χ0) is 19.5. The van der Waals surface area contributed by atoms with Crippen molar-refractivity contribution in [2.75, 3.05) is 23.8 Å². The third kappa shape index (κ3) is 4.03. The number of aryl methyl sites for hydroxylation is 2. The van der Waals surface area contributed by atoms with Crippen LogP contribution in [0.2, 0.25) is 0 Å². The minimum atomic E-state index is -0.292. The van der Waals surface area contributed by atoms with Crippen molar-refractivity contribution in [1.29, 1.82) is 0 Å². The topological polar surface area (TPSA) is 85.4 Å². The molecular weight excluding hydrogens is 356 g/mol. The van der Waals surface area contributed by atoms with Crippen LogP contribution in [0.15, 0.2) is 48.5 Å². The quantitative estimate of drug-likeness (QED) is 0.719. The van der Waals surface area contributed by atoms with Gasteiger partial charge in [-0.15, -0.1) is 0 Å². The van der Waals surface area contributed by atoms with Crippen LogP contribution in [0.1, 0.15) is 21.7 Å². The molecule has 142 valence electrons. The number of carbonyl (C=O) groups excluding carboxylic acids is 1. The van der Waals surface area contributed by atoms with Gasteiger partial charge in [-0.3, -0.25) is 4.79 Å². The Bertz CT molecular complexity index is 1020. The fourth-order valence-corrected chi connectivity index (χ4v) is 2.82. The Hall–Kier alpha value is -3.61. The summed E-state index contributed by atoms with van der Waals surface area (Å²) in [5.74, 6) is 1.42. The van der Waals surface area contributed by atoms with Gasteiger partial charge in [-0.1, -0.05) is 17.7 Å². The first-order valence-electron chi connectivity index (χ1n) is 8.97. The van der Waals surface area contributed by atoms with Crippen molar-refractivity contribution in [3.63, 3.8) is 0 Å². The summed E-state index contributed by atoms with van der Waals surface area (Å²) in [5.41, 5.74) is 3.56. The van der Waals surface area contributed by atoms with Crippen LogP contribution in [0, 0.1) is 13.8 Å². The van der Waals surface area contributed by atoms with E-state index in [0.29, 0.717) is 42.0 Å². The number of nitrogens with one attached hydrogen (secondary N) is 2. The van der Waals surface area contributed by atoms with E-state index in [-0.39, 0.29) is 11.6 Å². The first-order chi connectivity index (χ1) is 13.6. The molecule has 7 nitrogen and oxygen atoms in total. The standard InChI is InChI=1S/C21H20N4O3/c1-13-3-5-15(6-4-13)23-20(26)17-11-14(2)22-21(25-17)24-16-7-8-18-19(12-16)28-10-9-27-18/h3-8,11-12H,9-10H2,1-2H3,(H,23,26)(H,22,24,25). The first-order valence-corrected chi connectivity index (χ1v) is 8.97. The van der Waals surface area contributed by atoms with Crippen molar-refractivity contribution in [3.05, 3.63) is 65.5 Å². The molecule has 4 rings (SSSR count). The molecule has 0 bridgehead atoms. The molecule has 0 saturated heterocycles. The molecule has 1 amide bonds. The van der Waals surface area contributed by atoms with E-state index in [4.69, 9.17) is 9.47 Å². The molecule has 28 heavy (non-hydrogen) atoms. The lowest BCUT2D eigenvalue weighted by molar-refractivity contribution is 0.102. The van der Waals surface area contributed by atoms with Crippen LogP contribution in [0.25, 0.3) is 0 Å². The predicted octanol–water partition coefficient (Wildman–Crippen LogP) is 3.86. The van der Waals surface area contributed by atoms with E-state index in [1.54, 1.807) is 6.07 Å². The van der Waals surface area contributed by atoms with E-state index < -0.39 is 0 Å². The molecule has 0 aliphatic carbocycles. The molecule has 2 aromatic carbocycles. The molecule has 1 aromatic heterocycles. The summed E-state index contributed by atoms with van der Waals surface area (Å²) in [4.78, 5) is 21.3. The molecule has 0 radical (unpaired) electrons. The molecule has 7 heteroatoms. The zero-order valence-corrected chi connectivity index (χ0v) is 15.7. The van der Waals surface area contributed by atoms with Gasteiger partial charge in [-0.2, -0.15) is 0 Å². The van der Waals surface area contributed by atoms with Crippen LogP contribution in [-0.4, -0.2) is 29.1 Å². The van der Waals surface area contributed by atoms with Crippen molar-refractivity contribution < 1.29 is 14.3 Å². The maximum Gasteiger partial charge on any atom is 0.274 e. The van der Waals surface area contributed by atoms with E-state index in [2.05, 4.69) is 20.6 Å². The fraction of sp³-hybridized carbons (Fsp3) is 0.190. The van der Waals surface area contributed by atoms with Crippen LogP contribution in [0.5, 0.6) is 11.5 Å². The number of hydrogen-bond acceptors (Lipinski definition) is 6. The van der Waals surface area contributed by atoms with Crippen molar-refractivity contribution in [2.24, 2.45) is 0 Å². The largest absolute Gasteiger partial charge is 0.486 e. The van der Waals surface area contributed by atoms with E-state index in [9.17, 15) is 4.79 Å². The summed E-state index contributed by atoms with van der Waals surface area (Å²) in [6.07, 6.45) is 0. The van der Waals surface area contributed by atoms with E-state index in [1.165, 1.54) is 0 Å². The van der Waals surface area contributed by atoms with Crippen molar-refractivity contribution >= 4 is 23.2 Å². The third-order valence-electron chi connectivity index (χ3n) is 4.19. The molecule has 0 fully saturated rings. The second-order valence-corrected chi connectivity index (χ2v) is 6.52. The van der Waals surface area contributed by atoms with Gasteiger partial charge in [-0.05, 0) is 44.2 Å². The molecule has 0 atom stereocenters. The van der Waals surface area contributed by atoms with Gasteiger partial charge in [0.05, 0.1) is 0 Å². The Morgan fingerprint density at radius 1 is 0.893 bits per heavy atom. The van der Waals surface area contributed by atoms with Crippen LogP contribution < -0.4 is 20.1 Å². The Balaban J connectivity index is 1.53. The average Bonchev–Trinajstić information content (AvgIpc) is 2.69. The number of fused-ring (bicyclic) bond motifs is 1. The van der Waals surface area contributed by atoms with Gasteiger partial charge in [0, 0.05) is 23.1 Å².